The van der Waals surface area contributed by atoms with E-state index in [1.165, 1.54) is 0 Å². The number of ether oxygens (including phenoxy) is 1. The van der Waals surface area contributed by atoms with Crippen molar-refractivity contribution in [3.05, 3.63) is 59.7 Å². The molecular weight excluding hydrogens is 238 g/mol. The Bertz CT molecular complexity index is 577. The van der Waals surface area contributed by atoms with Crippen LogP contribution in [0.25, 0.3) is 0 Å². The number of ketones is 1. The summed E-state index contributed by atoms with van der Waals surface area (Å²) in [6.07, 6.45) is 0. The Morgan fingerprint density at radius 3 is 2.26 bits per heavy atom. The molecule has 0 saturated heterocycles. The second-order valence-corrected chi connectivity index (χ2v) is 4.48. The van der Waals surface area contributed by atoms with Gasteiger partial charge in [0.05, 0.1) is 12.8 Å². The molecule has 0 saturated carbocycles. The van der Waals surface area contributed by atoms with E-state index < -0.39 is 0 Å². The molecule has 0 N–H and O–H groups in total. The van der Waals surface area contributed by atoms with Gasteiger partial charge < -0.3 is 9.64 Å². The molecule has 2 aromatic rings. The number of carbonyl (C=O) groups is 1. The highest BCUT2D eigenvalue weighted by atomic mass is 16.5. The minimum absolute atomic E-state index is 0.0198. The van der Waals surface area contributed by atoms with Crippen LogP contribution < -0.4 is 9.64 Å². The van der Waals surface area contributed by atoms with Crippen LogP contribution in [0.4, 0.5) is 5.69 Å². The molecule has 3 nitrogen and oxygen atoms in total. The monoisotopic (exact) mass is 255 g/mol. The van der Waals surface area contributed by atoms with Crippen molar-refractivity contribution in [2.45, 2.75) is 0 Å². The molecule has 2 aromatic carbocycles. The normalized spacial score (nSPS) is 10.1. The largest absolute Gasteiger partial charge is 0.495 e. The summed E-state index contributed by atoms with van der Waals surface area (Å²) in [5.41, 5.74) is 2.25. The van der Waals surface area contributed by atoms with E-state index in [9.17, 15) is 4.79 Å². The summed E-state index contributed by atoms with van der Waals surface area (Å²) >= 11 is 0. The molecule has 0 aromatic heterocycles. The van der Waals surface area contributed by atoms with Crippen molar-refractivity contribution in [3.63, 3.8) is 0 Å². The lowest BCUT2D eigenvalue weighted by Gasteiger charge is -2.17. The number of benzene rings is 2. The average molecular weight is 255 g/mol. The number of hydrogen-bond acceptors (Lipinski definition) is 3. The maximum atomic E-state index is 12.4. The minimum Gasteiger partial charge on any atom is -0.495 e. The number of rotatable bonds is 4. The lowest BCUT2D eigenvalue weighted by Crippen LogP contribution is -2.11. The summed E-state index contributed by atoms with van der Waals surface area (Å²) in [7, 11) is 5.48. The van der Waals surface area contributed by atoms with Gasteiger partial charge >= 0.3 is 0 Å². The third-order valence-electron chi connectivity index (χ3n) is 2.96. The summed E-state index contributed by atoms with van der Waals surface area (Å²) in [6, 6.07) is 14.7. The van der Waals surface area contributed by atoms with Crippen molar-refractivity contribution in [2.75, 3.05) is 26.1 Å². The zero-order chi connectivity index (χ0) is 13.8. The van der Waals surface area contributed by atoms with Gasteiger partial charge in [-0.1, -0.05) is 30.3 Å². The van der Waals surface area contributed by atoms with Crippen molar-refractivity contribution < 1.29 is 9.53 Å². The fourth-order valence-corrected chi connectivity index (χ4v) is 1.94. The smallest absolute Gasteiger partial charge is 0.193 e. The Morgan fingerprint density at radius 2 is 1.68 bits per heavy atom. The van der Waals surface area contributed by atoms with Crippen molar-refractivity contribution >= 4 is 11.5 Å². The van der Waals surface area contributed by atoms with E-state index in [0.717, 1.165) is 11.4 Å². The Kier molecular flexibility index (Phi) is 3.85. The highest BCUT2D eigenvalue weighted by Gasteiger charge is 2.12. The molecule has 0 atom stereocenters. The predicted molar refractivity (Wildman–Crippen MR) is 77.2 cm³/mol. The Morgan fingerprint density at radius 1 is 1.00 bits per heavy atom. The van der Waals surface area contributed by atoms with Crippen LogP contribution in [0.15, 0.2) is 48.5 Å². The first-order valence-corrected chi connectivity index (χ1v) is 6.08. The fourth-order valence-electron chi connectivity index (χ4n) is 1.94. The molecule has 19 heavy (non-hydrogen) atoms. The van der Waals surface area contributed by atoms with Gasteiger partial charge in [0.2, 0.25) is 0 Å². The highest BCUT2D eigenvalue weighted by molar-refractivity contribution is 6.09. The number of methoxy groups -OCH3 is 1. The van der Waals surface area contributed by atoms with Crippen molar-refractivity contribution in [1.29, 1.82) is 0 Å². The molecule has 98 valence electrons. The number of anilines is 1. The molecule has 2 rings (SSSR count). The van der Waals surface area contributed by atoms with Gasteiger partial charge in [0, 0.05) is 25.2 Å². The van der Waals surface area contributed by atoms with Crippen LogP contribution in [-0.2, 0) is 0 Å². The van der Waals surface area contributed by atoms with Gasteiger partial charge in [0.1, 0.15) is 5.75 Å². The summed E-state index contributed by atoms with van der Waals surface area (Å²) < 4.78 is 5.29. The second-order valence-electron chi connectivity index (χ2n) is 4.48. The number of nitrogens with zero attached hydrogens (tertiary/aromatic N) is 1. The molecule has 0 bridgehead atoms. The maximum absolute atomic E-state index is 12.4. The average Bonchev–Trinajstić information content (AvgIpc) is 2.46. The van der Waals surface area contributed by atoms with Crippen LogP contribution in [0.3, 0.4) is 0 Å². The molecule has 0 aliphatic heterocycles. The topological polar surface area (TPSA) is 29.5 Å². The summed E-state index contributed by atoms with van der Waals surface area (Å²) in [4.78, 5) is 14.3. The van der Waals surface area contributed by atoms with E-state index in [4.69, 9.17) is 4.74 Å². The van der Waals surface area contributed by atoms with Crippen LogP contribution >= 0.6 is 0 Å². The van der Waals surface area contributed by atoms with Gasteiger partial charge in [0.25, 0.3) is 0 Å². The molecule has 0 aliphatic carbocycles. The molecule has 0 heterocycles. The second kappa shape index (κ2) is 5.57. The number of carbonyl (C=O) groups excluding carboxylic acids is 1. The Balaban J connectivity index is 2.41. The lowest BCUT2D eigenvalue weighted by molar-refractivity contribution is 0.103. The minimum atomic E-state index is 0.0198. The molecule has 0 fully saturated rings. The van der Waals surface area contributed by atoms with Crippen LogP contribution in [-0.4, -0.2) is 27.0 Å². The van der Waals surface area contributed by atoms with E-state index in [2.05, 4.69) is 0 Å². The number of hydrogen-bond donors (Lipinski definition) is 0. The van der Waals surface area contributed by atoms with E-state index in [1.54, 1.807) is 13.2 Å². The predicted octanol–water partition coefficient (Wildman–Crippen LogP) is 2.99. The van der Waals surface area contributed by atoms with Gasteiger partial charge in [-0.2, -0.15) is 0 Å². The molecular formula is C16H17NO2. The van der Waals surface area contributed by atoms with E-state index in [1.807, 2.05) is 61.5 Å². The molecule has 0 aliphatic rings. The summed E-state index contributed by atoms with van der Waals surface area (Å²) in [5, 5.41) is 0. The molecule has 3 heteroatoms. The van der Waals surface area contributed by atoms with Crippen LogP contribution in [0, 0.1) is 0 Å². The fraction of sp³-hybridized carbons (Fsp3) is 0.188. The van der Waals surface area contributed by atoms with Gasteiger partial charge in [-0.25, -0.2) is 0 Å². The standard InChI is InChI=1S/C16H17NO2/c1-17(2)14-11-13(9-10-15(14)19-3)16(18)12-7-5-4-6-8-12/h4-11H,1-3H3. The first-order valence-electron chi connectivity index (χ1n) is 6.08. The van der Waals surface area contributed by atoms with Crippen molar-refractivity contribution in [1.82, 2.24) is 0 Å². The van der Waals surface area contributed by atoms with Gasteiger partial charge in [-0.05, 0) is 18.2 Å². The first-order chi connectivity index (χ1) is 9.13. The molecule has 0 spiro atoms. The van der Waals surface area contributed by atoms with Crippen molar-refractivity contribution in [2.24, 2.45) is 0 Å². The van der Waals surface area contributed by atoms with E-state index in [0.29, 0.717) is 11.1 Å². The molecule has 0 amide bonds. The first kappa shape index (κ1) is 13.1. The SMILES string of the molecule is COc1ccc(C(=O)c2ccccc2)cc1N(C)C. The zero-order valence-corrected chi connectivity index (χ0v) is 11.4. The summed E-state index contributed by atoms with van der Waals surface area (Å²) in [6.45, 7) is 0. The van der Waals surface area contributed by atoms with Gasteiger partial charge in [-0.15, -0.1) is 0 Å². The molecule has 0 radical (unpaired) electrons. The Hall–Kier alpha value is -2.29. The van der Waals surface area contributed by atoms with Gasteiger partial charge in [-0.3, -0.25) is 4.79 Å². The van der Waals surface area contributed by atoms with Crippen LogP contribution in [0.2, 0.25) is 0 Å². The third-order valence-corrected chi connectivity index (χ3v) is 2.96. The molecule has 0 unspecified atom stereocenters. The maximum Gasteiger partial charge on any atom is 0.193 e. The van der Waals surface area contributed by atoms with Crippen LogP contribution in [0.5, 0.6) is 5.75 Å². The Labute approximate surface area is 113 Å². The highest BCUT2D eigenvalue weighted by Crippen LogP contribution is 2.28. The lowest BCUT2D eigenvalue weighted by atomic mass is 10.0. The van der Waals surface area contributed by atoms with E-state index in [-0.39, 0.29) is 5.78 Å². The summed E-state index contributed by atoms with van der Waals surface area (Å²) in [5.74, 6) is 0.779. The zero-order valence-electron chi connectivity index (χ0n) is 11.4. The van der Waals surface area contributed by atoms with Gasteiger partial charge in [0.15, 0.2) is 5.78 Å². The van der Waals surface area contributed by atoms with Crippen LogP contribution in [0.1, 0.15) is 15.9 Å². The quantitative estimate of drug-likeness (QED) is 0.787. The third kappa shape index (κ3) is 2.76. The van der Waals surface area contributed by atoms with Crippen molar-refractivity contribution in [3.8, 4) is 5.75 Å². The van der Waals surface area contributed by atoms with E-state index >= 15 is 0 Å².